The van der Waals surface area contributed by atoms with Crippen molar-refractivity contribution in [3.63, 3.8) is 0 Å². The highest BCUT2D eigenvalue weighted by Crippen LogP contribution is 2.27. The average Bonchev–Trinajstić information content (AvgIpc) is 3.13. The molecule has 3 aromatic rings. The number of ether oxygens (including phenoxy) is 1. The molecule has 3 heterocycles. The van der Waals surface area contributed by atoms with Crippen molar-refractivity contribution in [2.75, 3.05) is 25.0 Å². The summed E-state index contributed by atoms with van der Waals surface area (Å²) in [6, 6.07) is 14.0. The van der Waals surface area contributed by atoms with Crippen molar-refractivity contribution >= 4 is 32.3 Å². The molecule has 1 aliphatic heterocycles. The smallest absolute Gasteiger partial charge is 0.243 e. The Hall–Kier alpha value is -2.33. The van der Waals surface area contributed by atoms with Crippen LogP contribution in [0.15, 0.2) is 59.6 Å². The molecule has 0 saturated carbocycles. The van der Waals surface area contributed by atoms with Gasteiger partial charge in [-0.15, -0.1) is 11.3 Å². The maximum Gasteiger partial charge on any atom is 0.243 e. The van der Waals surface area contributed by atoms with Crippen LogP contribution in [0.2, 0.25) is 0 Å². The molecule has 1 aliphatic rings. The van der Waals surface area contributed by atoms with Gasteiger partial charge in [-0.25, -0.2) is 18.4 Å². The first-order chi connectivity index (χ1) is 13.5. The van der Waals surface area contributed by atoms with Crippen molar-refractivity contribution in [2.24, 2.45) is 0 Å². The number of aryl methyl sites for hydroxylation is 1. The highest BCUT2D eigenvalue weighted by molar-refractivity contribution is 7.89. The monoisotopic (exact) mass is 416 g/mol. The van der Waals surface area contributed by atoms with Gasteiger partial charge in [-0.05, 0) is 31.2 Å². The fourth-order valence-corrected chi connectivity index (χ4v) is 5.10. The van der Waals surface area contributed by atoms with E-state index in [9.17, 15) is 8.42 Å². The molecule has 28 heavy (non-hydrogen) atoms. The molecule has 1 aromatic carbocycles. The fourth-order valence-electron chi connectivity index (χ4n) is 2.99. The van der Waals surface area contributed by atoms with E-state index in [4.69, 9.17) is 4.74 Å². The summed E-state index contributed by atoms with van der Waals surface area (Å²) in [5.41, 5.74) is 0.686. The van der Waals surface area contributed by atoms with Crippen LogP contribution in [0.25, 0.3) is 0 Å². The number of morpholine rings is 1. The SMILES string of the molecule is Cc1cnc(Nc2cccc(C3CN(S(=O)(=O)c4ccccc4)CCO3)n2)s1. The van der Waals surface area contributed by atoms with E-state index in [0.29, 0.717) is 24.7 Å². The molecule has 2 aromatic heterocycles. The summed E-state index contributed by atoms with van der Waals surface area (Å²) >= 11 is 1.54. The average molecular weight is 417 g/mol. The summed E-state index contributed by atoms with van der Waals surface area (Å²) in [5, 5.41) is 3.94. The molecule has 4 rings (SSSR count). The van der Waals surface area contributed by atoms with Crippen LogP contribution in [0.4, 0.5) is 10.9 Å². The Labute approximate surface area is 168 Å². The lowest BCUT2D eigenvalue weighted by Crippen LogP contribution is -2.42. The molecule has 0 aliphatic carbocycles. The van der Waals surface area contributed by atoms with Gasteiger partial charge in [-0.1, -0.05) is 24.3 Å². The van der Waals surface area contributed by atoms with Gasteiger partial charge in [0.15, 0.2) is 5.13 Å². The molecule has 0 bridgehead atoms. The lowest BCUT2D eigenvalue weighted by Gasteiger charge is -2.32. The molecule has 146 valence electrons. The maximum absolute atomic E-state index is 12.9. The molecule has 0 spiro atoms. The lowest BCUT2D eigenvalue weighted by atomic mass is 10.2. The Bertz CT molecular complexity index is 1050. The van der Waals surface area contributed by atoms with Crippen molar-refractivity contribution in [1.82, 2.24) is 14.3 Å². The number of hydrogen-bond acceptors (Lipinski definition) is 7. The molecular formula is C19H20N4O3S2. The third kappa shape index (κ3) is 4.07. The van der Waals surface area contributed by atoms with Gasteiger partial charge in [-0.3, -0.25) is 0 Å². The Morgan fingerprint density at radius 2 is 2.00 bits per heavy atom. The standard InChI is InChI=1S/C19H20N4O3S2/c1-14-12-20-19(27-14)22-18-9-5-8-16(21-18)17-13-23(10-11-26-17)28(24,25)15-6-3-2-4-7-15/h2-9,12,17H,10-11,13H2,1H3,(H,20,21,22). The fraction of sp³-hybridized carbons (Fsp3) is 0.263. The Kier molecular flexibility index (Phi) is 5.40. The van der Waals surface area contributed by atoms with Crippen molar-refractivity contribution in [1.29, 1.82) is 0 Å². The molecule has 9 heteroatoms. The second-order valence-corrected chi connectivity index (χ2v) is 9.56. The number of anilines is 2. The first kappa shape index (κ1) is 19.0. The Balaban J connectivity index is 1.52. The summed E-state index contributed by atoms with van der Waals surface area (Å²) in [6.07, 6.45) is 1.37. The number of benzene rings is 1. The zero-order valence-corrected chi connectivity index (χ0v) is 16.9. The Morgan fingerprint density at radius 3 is 2.75 bits per heavy atom. The molecule has 1 unspecified atom stereocenters. The molecular weight excluding hydrogens is 396 g/mol. The van der Waals surface area contributed by atoms with Crippen LogP contribution >= 0.6 is 11.3 Å². The summed E-state index contributed by atoms with van der Waals surface area (Å²) < 4.78 is 33.1. The van der Waals surface area contributed by atoms with Gasteiger partial charge in [0.2, 0.25) is 10.0 Å². The number of aromatic nitrogens is 2. The van der Waals surface area contributed by atoms with Crippen LogP contribution in [-0.2, 0) is 14.8 Å². The zero-order chi connectivity index (χ0) is 19.6. The van der Waals surface area contributed by atoms with E-state index < -0.39 is 16.1 Å². The number of nitrogens with one attached hydrogen (secondary N) is 1. The first-order valence-electron chi connectivity index (χ1n) is 8.85. The number of nitrogens with zero attached hydrogens (tertiary/aromatic N) is 3. The van der Waals surface area contributed by atoms with E-state index in [1.807, 2.05) is 25.1 Å². The molecule has 7 nitrogen and oxygen atoms in total. The summed E-state index contributed by atoms with van der Waals surface area (Å²) in [6.45, 7) is 2.86. The predicted octanol–water partition coefficient (Wildman–Crippen LogP) is 3.35. The number of rotatable bonds is 5. The van der Waals surface area contributed by atoms with Gasteiger partial charge in [-0.2, -0.15) is 4.31 Å². The zero-order valence-electron chi connectivity index (χ0n) is 15.3. The molecule has 1 saturated heterocycles. The van der Waals surface area contributed by atoms with E-state index in [2.05, 4.69) is 15.3 Å². The van der Waals surface area contributed by atoms with Crippen LogP contribution in [-0.4, -0.2) is 42.4 Å². The number of hydrogen-bond donors (Lipinski definition) is 1. The summed E-state index contributed by atoms with van der Waals surface area (Å²) in [5.74, 6) is 0.651. The normalized spacial score (nSPS) is 18.1. The van der Waals surface area contributed by atoms with Gasteiger partial charge >= 0.3 is 0 Å². The van der Waals surface area contributed by atoms with Crippen LogP contribution in [0, 0.1) is 6.92 Å². The topological polar surface area (TPSA) is 84.4 Å². The van der Waals surface area contributed by atoms with Crippen LogP contribution in [0.1, 0.15) is 16.7 Å². The third-order valence-electron chi connectivity index (χ3n) is 4.37. The van der Waals surface area contributed by atoms with Crippen LogP contribution in [0.5, 0.6) is 0 Å². The van der Waals surface area contributed by atoms with E-state index in [1.54, 1.807) is 47.9 Å². The third-order valence-corrected chi connectivity index (χ3v) is 7.07. The molecule has 1 atom stereocenters. The number of thiazole rings is 1. The summed E-state index contributed by atoms with van der Waals surface area (Å²) in [4.78, 5) is 10.3. The van der Waals surface area contributed by atoms with Crippen molar-refractivity contribution in [2.45, 2.75) is 17.9 Å². The highest BCUT2D eigenvalue weighted by Gasteiger charge is 2.32. The van der Waals surface area contributed by atoms with Crippen molar-refractivity contribution in [3.8, 4) is 0 Å². The van der Waals surface area contributed by atoms with Crippen molar-refractivity contribution < 1.29 is 13.2 Å². The van der Waals surface area contributed by atoms with E-state index in [1.165, 1.54) is 4.31 Å². The lowest BCUT2D eigenvalue weighted by molar-refractivity contribution is -0.00486. The highest BCUT2D eigenvalue weighted by atomic mass is 32.2. The molecule has 0 amide bonds. The van der Waals surface area contributed by atoms with E-state index in [0.717, 1.165) is 10.0 Å². The number of pyridine rings is 1. The molecule has 1 fully saturated rings. The van der Waals surface area contributed by atoms with Gasteiger partial charge < -0.3 is 10.1 Å². The molecule has 0 radical (unpaired) electrons. The molecule has 1 N–H and O–H groups in total. The first-order valence-corrected chi connectivity index (χ1v) is 11.1. The van der Waals surface area contributed by atoms with Gasteiger partial charge in [0.1, 0.15) is 11.9 Å². The minimum Gasteiger partial charge on any atom is -0.369 e. The Morgan fingerprint density at radius 1 is 1.18 bits per heavy atom. The van der Waals surface area contributed by atoms with Crippen LogP contribution in [0.3, 0.4) is 0 Å². The van der Waals surface area contributed by atoms with Gasteiger partial charge in [0, 0.05) is 24.2 Å². The quantitative estimate of drug-likeness (QED) is 0.687. The predicted molar refractivity (Wildman–Crippen MR) is 108 cm³/mol. The van der Waals surface area contributed by atoms with E-state index >= 15 is 0 Å². The van der Waals surface area contributed by atoms with Crippen LogP contribution < -0.4 is 5.32 Å². The van der Waals surface area contributed by atoms with Crippen molar-refractivity contribution in [3.05, 3.63) is 65.3 Å². The minimum absolute atomic E-state index is 0.226. The van der Waals surface area contributed by atoms with Gasteiger partial charge in [0.05, 0.1) is 17.2 Å². The largest absolute Gasteiger partial charge is 0.369 e. The minimum atomic E-state index is -3.56. The van der Waals surface area contributed by atoms with Gasteiger partial charge in [0.25, 0.3) is 0 Å². The maximum atomic E-state index is 12.9. The van der Waals surface area contributed by atoms with E-state index in [-0.39, 0.29) is 11.4 Å². The number of sulfonamides is 1. The second-order valence-electron chi connectivity index (χ2n) is 6.38. The second kappa shape index (κ2) is 7.96. The summed E-state index contributed by atoms with van der Waals surface area (Å²) in [7, 11) is -3.56.